The summed E-state index contributed by atoms with van der Waals surface area (Å²) in [5.41, 5.74) is 1.41. The maximum absolute atomic E-state index is 12.6. The molecule has 1 N–H and O–H groups in total. The largest absolute Gasteiger partial charge is 0.335 e. The summed E-state index contributed by atoms with van der Waals surface area (Å²) in [6.45, 7) is 1.81. The fraction of sp³-hybridized carbons (Fsp3) is 0.632. The third-order valence-corrected chi connectivity index (χ3v) is 6.17. The minimum absolute atomic E-state index is 0.155. The molecule has 2 atom stereocenters. The third-order valence-electron chi connectivity index (χ3n) is 6.17. The standard InChI is InChI=1S/C19H27N3O/c1-21-17-7-8-18(21)13-22(10-9-17)19(23)20-16-11-15(12-16)14-5-3-2-4-6-14/h2-6,15-18H,7-13H2,1H3,(H,20,23)/t15?,16?,17-,18-/m0/s1. The Bertz CT molecular complexity index is 555. The second kappa shape index (κ2) is 6.16. The van der Waals surface area contributed by atoms with Gasteiger partial charge in [0.1, 0.15) is 0 Å². The van der Waals surface area contributed by atoms with Gasteiger partial charge in [0.25, 0.3) is 0 Å². The van der Waals surface area contributed by atoms with E-state index >= 15 is 0 Å². The summed E-state index contributed by atoms with van der Waals surface area (Å²) in [6.07, 6.45) is 5.82. The van der Waals surface area contributed by atoms with Gasteiger partial charge in [-0.25, -0.2) is 4.79 Å². The van der Waals surface area contributed by atoms with Gasteiger partial charge in [-0.15, -0.1) is 0 Å². The van der Waals surface area contributed by atoms with E-state index in [9.17, 15) is 4.79 Å². The van der Waals surface area contributed by atoms with Gasteiger partial charge >= 0.3 is 6.03 Å². The maximum Gasteiger partial charge on any atom is 0.317 e. The second-order valence-electron chi connectivity index (χ2n) is 7.51. The molecule has 1 aromatic rings. The minimum Gasteiger partial charge on any atom is -0.335 e. The molecular weight excluding hydrogens is 286 g/mol. The number of benzene rings is 1. The molecule has 23 heavy (non-hydrogen) atoms. The molecule has 2 saturated heterocycles. The Morgan fingerprint density at radius 1 is 1.09 bits per heavy atom. The first kappa shape index (κ1) is 15.0. The number of rotatable bonds is 2. The van der Waals surface area contributed by atoms with Crippen LogP contribution in [0, 0.1) is 0 Å². The van der Waals surface area contributed by atoms with E-state index in [1.54, 1.807) is 0 Å². The number of likely N-dealkylation sites (tertiary alicyclic amines) is 1. The van der Waals surface area contributed by atoms with E-state index in [4.69, 9.17) is 0 Å². The van der Waals surface area contributed by atoms with Gasteiger partial charge in [0, 0.05) is 31.2 Å². The summed E-state index contributed by atoms with van der Waals surface area (Å²) < 4.78 is 0. The van der Waals surface area contributed by atoms with Crippen molar-refractivity contribution in [3.05, 3.63) is 35.9 Å². The van der Waals surface area contributed by atoms with Crippen LogP contribution in [0.5, 0.6) is 0 Å². The van der Waals surface area contributed by atoms with Crippen molar-refractivity contribution in [1.29, 1.82) is 0 Å². The highest BCUT2D eigenvalue weighted by atomic mass is 16.2. The molecule has 1 saturated carbocycles. The quantitative estimate of drug-likeness (QED) is 0.911. The highest BCUT2D eigenvalue weighted by Crippen LogP contribution is 2.37. The first-order valence-corrected chi connectivity index (χ1v) is 9.03. The summed E-state index contributed by atoms with van der Waals surface area (Å²) in [5, 5.41) is 3.26. The van der Waals surface area contributed by atoms with Crippen LogP contribution in [0.15, 0.2) is 30.3 Å². The molecule has 0 radical (unpaired) electrons. The monoisotopic (exact) mass is 313 g/mol. The van der Waals surface area contributed by atoms with E-state index in [0.717, 1.165) is 32.4 Å². The molecule has 3 fully saturated rings. The molecule has 1 aliphatic carbocycles. The predicted octanol–water partition coefficient (Wildman–Crippen LogP) is 2.81. The Morgan fingerprint density at radius 2 is 1.83 bits per heavy atom. The number of nitrogens with one attached hydrogen (secondary N) is 1. The fourth-order valence-corrected chi connectivity index (χ4v) is 4.49. The van der Waals surface area contributed by atoms with E-state index in [1.807, 2.05) is 0 Å². The molecule has 1 aromatic carbocycles. The van der Waals surface area contributed by atoms with Crippen LogP contribution in [0.4, 0.5) is 4.79 Å². The number of likely N-dealkylation sites (N-methyl/N-ethyl adjacent to an activating group) is 1. The van der Waals surface area contributed by atoms with Gasteiger partial charge in [0.2, 0.25) is 0 Å². The molecular formula is C19H27N3O. The molecule has 4 heteroatoms. The molecule has 3 aliphatic rings. The molecule has 2 amide bonds. The number of carbonyl (C=O) groups excluding carboxylic acids is 1. The van der Waals surface area contributed by atoms with Crippen LogP contribution in [-0.2, 0) is 0 Å². The lowest BCUT2D eigenvalue weighted by atomic mass is 9.76. The zero-order valence-electron chi connectivity index (χ0n) is 13.9. The van der Waals surface area contributed by atoms with E-state index < -0.39 is 0 Å². The van der Waals surface area contributed by atoms with Crippen LogP contribution >= 0.6 is 0 Å². The third kappa shape index (κ3) is 2.97. The van der Waals surface area contributed by atoms with Crippen molar-refractivity contribution in [1.82, 2.24) is 15.1 Å². The molecule has 0 spiro atoms. The summed E-state index contributed by atoms with van der Waals surface area (Å²) in [7, 11) is 2.22. The lowest BCUT2D eigenvalue weighted by Gasteiger charge is -2.38. The molecule has 4 rings (SSSR count). The van der Waals surface area contributed by atoms with E-state index in [1.165, 1.54) is 18.4 Å². The molecule has 124 valence electrons. The summed E-state index contributed by atoms with van der Waals surface area (Å²) in [4.78, 5) is 17.1. The van der Waals surface area contributed by atoms with Gasteiger partial charge in [0.15, 0.2) is 0 Å². The fourth-order valence-electron chi connectivity index (χ4n) is 4.49. The average Bonchev–Trinajstić information content (AvgIpc) is 2.76. The zero-order chi connectivity index (χ0) is 15.8. The van der Waals surface area contributed by atoms with Gasteiger partial charge in [-0.3, -0.25) is 4.90 Å². The molecule has 4 nitrogen and oxygen atoms in total. The van der Waals surface area contributed by atoms with Crippen LogP contribution in [0.3, 0.4) is 0 Å². The molecule has 0 unspecified atom stereocenters. The average molecular weight is 313 g/mol. The Morgan fingerprint density at radius 3 is 2.61 bits per heavy atom. The van der Waals surface area contributed by atoms with E-state index in [0.29, 0.717) is 24.0 Å². The number of amides is 2. The number of urea groups is 1. The van der Waals surface area contributed by atoms with Crippen molar-refractivity contribution >= 4 is 6.03 Å². The van der Waals surface area contributed by atoms with Crippen molar-refractivity contribution in [2.75, 3.05) is 20.1 Å². The number of nitrogens with zero attached hydrogens (tertiary/aromatic N) is 2. The summed E-state index contributed by atoms with van der Waals surface area (Å²) >= 11 is 0. The highest BCUT2D eigenvalue weighted by Gasteiger charge is 2.37. The number of fused-ring (bicyclic) bond motifs is 2. The van der Waals surface area contributed by atoms with Gasteiger partial charge in [-0.2, -0.15) is 0 Å². The van der Waals surface area contributed by atoms with Crippen molar-refractivity contribution in [2.45, 2.75) is 56.1 Å². The Balaban J connectivity index is 1.28. The van der Waals surface area contributed by atoms with Crippen molar-refractivity contribution < 1.29 is 4.79 Å². The van der Waals surface area contributed by atoms with Gasteiger partial charge < -0.3 is 10.2 Å². The Labute approximate surface area is 138 Å². The van der Waals surface area contributed by atoms with Crippen LogP contribution in [0.2, 0.25) is 0 Å². The molecule has 2 aliphatic heterocycles. The van der Waals surface area contributed by atoms with Crippen LogP contribution in [0.25, 0.3) is 0 Å². The second-order valence-corrected chi connectivity index (χ2v) is 7.51. The van der Waals surface area contributed by atoms with Crippen LogP contribution in [-0.4, -0.2) is 54.1 Å². The smallest absolute Gasteiger partial charge is 0.317 e. The van der Waals surface area contributed by atoms with Crippen LogP contribution in [0.1, 0.15) is 43.6 Å². The van der Waals surface area contributed by atoms with Gasteiger partial charge in [-0.1, -0.05) is 30.3 Å². The minimum atomic E-state index is 0.155. The Hall–Kier alpha value is -1.55. The normalized spacial score (nSPS) is 33.9. The Kier molecular flexibility index (Phi) is 4.02. The summed E-state index contributed by atoms with van der Waals surface area (Å²) in [5.74, 6) is 0.618. The lowest BCUT2D eigenvalue weighted by molar-refractivity contribution is 0.175. The molecule has 2 heterocycles. The van der Waals surface area contributed by atoms with E-state index in [-0.39, 0.29) is 6.03 Å². The lowest BCUT2D eigenvalue weighted by Crippen LogP contribution is -2.51. The SMILES string of the molecule is CN1[C@H]2CC[C@H]1CN(C(=O)NC1CC(c3ccccc3)C1)CC2. The summed E-state index contributed by atoms with van der Waals surface area (Å²) in [6, 6.07) is 12.4. The first-order chi connectivity index (χ1) is 11.2. The zero-order valence-corrected chi connectivity index (χ0v) is 13.9. The van der Waals surface area contributed by atoms with Crippen molar-refractivity contribution in [3.63, 3.8) is 0 Å². The van der Waals surface area contributed by atoms with Crippen molar-refractivity contribution in [3.8, 4) is 0 Å². The molecule has 0 aromatic heterocycles. The first-order valence-electron chi connectivity index (χ1n) is 9.03. The highest BCUT2D eigenvalue weighted by molar-refractivity contribution is 5.74. The molecule has 2 bridgehead atoms. The number of carbonyl (C=O) groups is 1. The maximum atomic E-state index is 12.6. The van der Waals surface area contributed by atoms with Crippen molar-refractivity contribution in [2.24, 2.45) is 0 Å². The van der Waals surface area contributed by atoms with E-state index in [2.05, 4.69) is 52.5 Å². The predicted molar refractivity (Wildman–Crippen MR) is 91.5 cm³/mol. The number of hydrogen-bond donors (Lipinski definition) is 1. The van der Waals surface area contributed by atoms with Gasteiger partial charge in [0.05, 0.1) is 0 Å². The van der Waals surface area contributed by atoms with Crippen LogP contribution < -0.4 is 5.32 Å². The van der Waals surface area contributed by atoms with Gasteiger partial charge in [-0.05, 0) is 50.6 Å². The number of hydrogen-bond acceptors (Lipinski definition) is 2. The topological polar surface area (TPSA) is 35.6 Å².